The standard InChI is InChI=1S/C18H22N4O5/c23-16(10-21-5-7-22(8-6-21)17(24)12-1-2-12)20-18(25)19-13-3-4-14-15(9-13)27-11-26-14/h3-4,9,12H,1-2,5-8,10-11H2,(H2,19,20,23,25). The van der Waals surface area contributed by atoms with Gasteiger partial charge in [-0.05, 0) is 25.0 Å². The number of urea groups is 1. The second-order valence-corrected chi connectivity index (χ2v) is 6.95. The van der Waals surface area contributed by atoms with Crippen molar-refractivity contribution < 1.29 is 23.9 Å². The third-order valence-corrected chi connectivity index (χ3v) is 4.86. The van der Waals surface area contributed by atoms with Gasteiger partial charge in [0.05, 0.1) is 6.54 Å². The van der Waals surface area contributed by atoms with Crippen LogP contribution in [0.4, 0.5) is 10.5 Å². The summed E-state index contributed by atoms with van der Waals surface area (Å²) < 4.78 is 10.5. The number of carbonyl (C=O) groups excluding carboxylic acids is 3. The largest absolute Gasteiger partial charge is 0.454 e. The highest BCUT2D eigenvalue weighted by Crippen LogP contribution is 2.34. The van der Waals surface area contributed by atoms with Gasteiger partial charge in [0.15, 0.2) is 11.5 Å². The Morgan fingerprint density at radius 2 is 1.78 bits per heavy atom. The Balaban J connectivity index is 1.20. The van der Waals surface area contributed by atoms with Crippen LogP contribution < -0.4 is 20.1 Å². The molecule has 2 N–H and O–H groups in total. The molecule has 1 aromatic carbocycles. The topological polar surface area (TPSA) is 100 Å². The third-order valence-electron chi connectivity index (χ3n) is 4.86. The summed E-state index contributed by atoms with van der Waals surface area (Å²) in [6.07, 6.45) is 2.00. The molecule has 1 saturated heterocycles. The van der Waals surface area contributed by atoms with Crippen molar-refractivity contribution in [3.8, 4) is 11.5 Å². The molecular formula is C18H22N4O5. The fourth-order valence-corrected chi connectivity index (χ4v) is 3.22. The number of imide groups is 1. The molecule has 144 valence electrons. The monoisotopic (exact) mass is 374 g/mol. The molecule has 0 unspecified atom stereocenters. The molecule has 1 aromatic rings. The summed E-state index contributed by atoms with van der Waals surface area (Å²) in [6, 6.07) is 4.42. The van der Waals surface area contributed by atoms with E-state index in [1.807, 2.05) is 9.80 Å². The molecule has 4 rings (SSSR count). The van der Waals surface area contributed by atoms with E-state index < -0.39 is 6.03 Å². The highest BCUT2D eigenvalue weighted by molar-refractivity contribution is 6.01. The average molecular weight is 374 g/mol. The Bertz CT molecular complexity index is 756. The Labute approximate surface area is 156 Å². The molecule has 1 aliphatic carbocycles. The summed E-state index contributed by atoms with van der Waals surface area (Å²) in [5.41, 5.74) is 0.511. The summed E-state index contributed by atoms with van der Waals surface area (Å²) in [4.78, 5) is 40.0. The van der Waals surface area contributed by atoms with Crippen molar-refractivity contribution in [2.45, 2.75) is 12.8 Å². The zero-order valence-electron chi connectivity index (χ0n) is 14.9. The van der Waals surface area contributed by atoms with Crippen LogP contribution in [0.5, 0.6) is 11.5 Å². The predicted octanol–water partition coefficient (Wildman–Crippen LogP) is 0.618. The van der Waals surface area contributed by atoms with Gasteiger partial charge in [0.25, 0.3) is 0 Å². The lowest BCUT2D eigenvalue weighted by atomic mass is 10.2. The van der Waals surface area contributed by atoms with Crippen LogP contribution in [0, 0.1) is 5.92 Å². The Kier molecular flexibility index (Phi) is 4.85. The molecule has 0 aromatic heterocycles. The molecule has 27 heavy (non-hydrogen) atoms. The number of hydrogen-bond acceptors (Lipinski definition) is 6. The summed E-state index contributed by atoms with van der Waals surface area (Å²) in [5, 5.41) is 4.93. The minimum atomic E-state index is -0.596. The Morgan fingerprint density at radius 3 is 2.52 bits per heavy atom. The quantitative estimate of drug-likeness (QED) is 0.801. The van der Waals surface area contributed by atoms with Crippen molar-refractivity contribution >= 4 is 23.5 Å². The molecule has 0 spiro atoms. The summed E-state index contributed by atoms with van der Waals surface area (Å²) in [5.74, 6) is 1.26. The van der Waals surface area contributed by atoms with Gasteiger partial charge in [-0.3, -0.25) is 19.8 Å². The predicted molar refractivity (Wildman–Crippen MR) is 95.5 cm³/mol. The fourth-order valence-electron chi connectivity index (χ4n) is 3.22. The van der Waals surface area contributed by atoms with Crippen LogP contribution in [0.1, 0.15) is 12.8 Å². The number of piperazine rings is 1. The van der Waals surface area contributed by atoms with Crippen molar-refractivity contribution in [1.82, 2.24) is 15.1 Å². The maximum Gasteiger partial charge on any atom is 0.325 e. The van der Waals surface area contributed by atoms with E-state index in [-0.39, 0.29) is 31.1 Å². The second kappa shape index (κ2) is 7.43. The summed E-state index contributed by atoms with van der Waals surface area (Å²) >= 11 is 0. The zero-order valence-corrected chi connectivity index (χ0v) is 14.9. The number of benzene rings is 1. The zero-order chi connectivity index (χ0) is 18.8. The molecule has 3 aliphatic rings. The first-order valence-corrected chi connectivity index (χ1v) is 9.10. The molecule has 9 heteroatoms. The van der Waals surface area contributed by atoms with E-state index in [2.05, 4.69) is 10.6 Å². The van der Waals surface area contributed by atoms with Gasteiger partial charge in [-0.15, -0.1) is 0 Å². The van der Waals surface area contributed by atoms with Crippen molar-refractivity contribution in [1.29, 1.82) is 0 Å². The van der Waals surface area contributed by atoms with Gasteiger partial charge in [0, 0.05) is 43.9 Å². The number of ether oxygens (including phenoxy) is 2. The first-order valence-electron chi connectivity index (χ1n) is 9.10. The van der Waals surface area contributed by atoms with Gasteiger partial charge < -0.3 is 19.7 Å². The van der Waals surface area contributed by atoms with Crippen LogP contribution in [0.2, 0.25) is 0 Å². The molecule has 4 amide bonds. The van der Waals surface area contributed by atoms with Gasteiger partial charge in [-0.1, -0.05) is 0 Å². The van der Waals surface area contributed by atoms with Crippen LogP contribution in [-0.2, 0) is 9.59 Å². The molecule has 9 nitrogen and oxygen atoms in total. The van der Waals surface area contributed by atoms with Gasteiger partial charge >= 0.3 is 6.03 Å². The summed E-state index contributed by atoms with van der Waals surface area (Å²) in [6.45, 7) is 2.81. The van der Waals surface area contributed by atoms with Crippen molar-refractivity contribution in [3.05, 3.63) is 18.2 Å². The van der Waals surface area contributed by atoms with Gasteiger partial charge in [-0.2, -0.15) is 0 Å². The molecule has 2 fully saturated rings. The van der Waals surface area contributed by atoms with E-state index >= 15 is 0 Å². The number of nitrogens with zero attached hydrogens (tertiary/aromatic N) is 2. The maximum absolute atomic E-state index is 12.1. The highest BCUT2D eigenvalue weighted by Gasteiger charge is 2.34. The molecular weight excluding hydrogens is 352 g/mol. The number of carbonyl (C=O) groups is 3. The van der Waals surface area contributed by atoms with Gasteiger partial charge in [-0.25, -0.2) is 4.79 Å². The fraction of sp³-hybridized carbons (Fsp3) is 0.500. The smallest absolute Gasteiger partial charge is 0.325 e. The highest BCUT2D eigenvalue weighted by atomic mass is 16.7. The number of hydrogen-bond donors (Lipinski definition) is 2. The normalized spacial score (nSPS) is 18.9. The lowest BCUT2D eigenvalue weighted by Gasteiger charge is -2.34. The van der Waals surface area contributed by atoms with Crippen LogP contribution in [0.25, 0.3) is 0 Å². The molecule has 0 radical (unpaired) electrons. The van der Waals surface area contributed by atoms with Crippen LogP contribution in [0.3, 0.4) is 0 Å². The third kappa shape index (κ3) is 4.30. The van der Waals surface area contributed by atoms with Crippen LogP contribution >= 0.6 is 0 Å². The minimum Gasteiger partial charge on any atom is -0.454 e. The van der Waals surface area contributed by atoms with Gasteiger partial charge in [0.2, 0.25) is 18.6 Å². The van der Waals surface area contributed by atoms with E-state index in [1.165, 1.54) is 0 Å². The second-order valence-electron chi connectivity index (χ2n) is 6.95. The van der Waals surface area contributed by atoms with Crippen molar-refractivity contribution in [2.75, 3.05) is 44.8 Å². The van der Waals surface area contributed by atoms with Crippen molar-refractivity contribution in [3.63, 3.8) is 0 Å². The first-order chi connectivity index (χ1) is 13.1. The number of nitrogens with one attached hydrogen (secondary N) is 2. The number of amides is 4. The van der Waals surface area contributed by atoms with Gasteiger partial charge in [0.1, 0.15) is 0 Å². The van der Waals surface area contributed by atoms with E-state index in [0.717, 1.165) is 12.8 Å². The van der Waals surface area contributed by atoms with E-state index in [1.54, 1.807) is 18.2 Å². The lowest BCUT2D eigenvalue weighted by Crippen LogP contribution is -2.52. The van der Waals surface area contributed by atoms with Crippen LogP contribution in [0.15, 0.2) is 18.2 Å². The maximum atomic E-state index is 12.1. The number of anilines is 1. The van der Waals surface area contributed by atoms with E-state index in [4.69, 9.17) is 9.47 Å². The molecule has 0 atom stereocenters. The van der Waals surface area contributed by atoms with Crippen LogP contribution in [-0.4, -0.2) is 67.2 Å². The SMILES string of the molecule is O=C(CN1CCN(C(=O)C2CC2)CC1)NC(=O)Nc1ccc2c(c1)OCO2. The molecule has 1 saturated carbocycles. The lowest BCUT2D eigenvalue weighted by molar-refractivity contribution is -0.134. The Morgan fingerprint density at radius 1 is 1.04 bits per heavy atom. The molecule has 0 bridgehead atoms. The van der Waals surface area contributed by atoms with E-state index in [0.29, 0.717) is 43.4 Å². The summed E-state index contributed by atoms with van der Waals surface area (Å²) in [7, 11) is 0. The van der Waals surface area contributed by atoms with Crippen molar-refractivity contribution in [2.24, 2.45) is 5.92 Å². The number of fused-ring (bicyclic) bond motifs is 1. The molecule has 2 heterocycles. The number of rotatable bonds is 4. The Hall–Kier alpha value is -2.81. The molecule has 2 aliphatic heterocycles. The minimum absolute atomic E-state index is 0.125. The average Bonchev–Trinajstić information content (AvgIpc) is 3.39. The first kappa shape index (κ1) is 17.6. The van der Waals surface area contributed by atoms with E-state index in [9.17, 15) is 14.4 Å².